The minimum Gasteiger partial charge on any atom is -0.481 e. The van der Waals surface area contributed by atoms with Gasteiger partial charge in [-0.3, -0.25) is 14.2 Å². The second-order valence-corrected chi connectivity index (χ2v) is 7.95. The van der Waals surface area contributed by atoms with Gasteiger partial charge in [0.15, 0.2) is 0 Å². The largest absolute Gasteiger partial charge is 0.481 e. The van der Waals surface area contributed by atoms with Crippen molar-refractivity contribution in [3.8, 4) is 0 Å². The Balaban J connectivity index is 3.03. The van der Waals surface area contributed by atoms with Crippen molar-refractivity contribution in [1.29, 1.82) is 0 Å². The fourth-order valence-electron chi connectivity index (χ4n) is 2.12. The van der Waals surface area contributed by atoms with E-state index < -0.39 is 37.5 Å². The molecule has 0 heterocycles. The van der Waals surface area contributed by atoms with E-state index in [0.717, 1.165) is 3.57 Å². The molecule has 1 rings (SSSR count). The van der Waals surface area contributed by atoms with Crippen LogP contribution in [0.4, 0.5) is 0 Å². The van der Waals surface area contributed by atoms with Crippen LogP contribution in [-0.4, -0.2) is 37.6 Å². The number of carbonyl (C=O) groups is 2. The smallest absolute Gasteiger partial charge is 0.329 e. The van der Waals surface area contributed by atoms with Gasteiger partial charge in [0.25, 0.3) is 0 Å². The summed E-state index contributed by atoms with van der Waals surface area (Å²) in [7, 11) is -4.70. The Bertz CT molecular complexity index is 581. The number of rotatable bonds is 8. The van der Waals surface area contributed by atoms with E-state index in [0.29, 0.717) is 5.56 Å². The molecule has 0 aliphatic rings. The topological polar surface area (TPSA) is 132 Å². The molecule has 0 saturated heterocycles. The third kappa shape index (κ3) is 6.04. The van der Waals surface area contributed by atoms with Crippen LogP contribution in [0.2, 0.25) is 0 Å². The fraction of sp³-hybridized carbons (Fsp3) is 0.385. The van der Waals surface area contributed by atoms with E-state index in [2.05, 4.69) is 22.6 Å². The van der Waals surface area contributed by atoms with E-state index in [4.69, 9.17) is 5.11 Å². The Morgan fingerprint density at radius 1 is 1.14 bits per heavy atom. The van der Waals surface area contributed by atoms with Gasteiger partial charge in [-0.25, -0.2) is 0 Å². The summed E-state index contributed by atoms with van der Waals surface area (Å²) in [5.74, 6) is -4.03. The zero-order chi connectivity index (χ0) is 16.9. The summed E-state index contributed by atoms with van der Waals surface area (Å²) in [4.78, 5) is 40.9. The van der Waals surface area contributed by atoms with Crippen LogP contribution in [0.3, 0.4) is 0 Å². The van der Waals surface area contributed by atoms with Crippen LogP contribution in [0.25, 0.3) is 0 Å². The molecule has 0 aromatic heterocycles. The molecule has 0 spiro atoms. The quantitative estimate of drug-likeness (QED) is 0.358. The highest BCUT2D eigenvalue weighted by molar-refractivity contribution is 14.1. The van der Waals surface area contributed by atoms with Crippen molar-refractivity contribution in [2.24, 2.45) is 5.92 Å². The summed E-state index contributed by atoms with van der Waals surface area (Å²) < 4.78 is 12.6. The van der Waals surface area contributed by atoms with Crippen molar-refractivity contribution < 1.29 is 34.2 Å². The molecule has 4 N–H and O–H groups in total. The Hall–Kier alpha value is -0.960. The zero-order valence-electron chi connectivity index (χ0n) is 11.4. The van der Waals surface area contributed by atoms with Crippen LogP contribution < -0.4 is 0 Å². The number of hydrogen-bond acceptors (Lipinski definition) is 3. The zero-order valence-corrected chi connectivity index (χ0v) is 14.5. The van der Waals surface area contributed by atoms with Gasteiger partial charge in [0, 0.05) is 9.99 Å². The van der Waals surface area contributed by atoms with Gasteiger partial charge in [0.1, 0.15) is 0 Å². The van der Waals surface area contributed by atoms with Crippen LogP contribution in [0, 0.1) is 9.49 Å². The molecule has 0 radical (unpaired) electrons. The molecule has 122 valence electrons. The van der Waals surface area contributed by atoms with Gasteiger partial charge in [-0.15, -0.1) is 0 Å². The minimum atomic E-state index is -4.70. The molecular weight excluding hydrogens is 426 g/mol. The maximum atomic E-state index is 11.7. The Morgan fingerprint density at radius 2 is 1.68 bits per heavy atom. The molecule has 1 unspecified atom stereocenters. The van der Waals surface area contributed by atoms with Crippen LogP contribution >= 0.6 is 30.2 Å². The Kier molecular flexibility index (Phi) is 6.98. The molecule has 0 aliphatic heterocycles. The lowest BCUT2D eigenvalue weighted by Crippen LogP contribution is -2.31. The van der Waals surface area contributed by atoms with Crippen LogP contribution in [0.15, 0.2) is 24.3 Å². The lowest BCUT2D eigenvalue weighted by Gasteiger charge is -2.24. The third-order valence-electron chi connectivity index (χ3n) is 3.24. The van der Waals surface area contributed by atoms with E-state index in [1.807, 2.05) is 0 Å². The molecule has 0 amide bonds. The summed E-state index contributed by atoms with van der Waals surface area (Å²) in [5, 5.41) is 17.9. The monoisotopic (exact) mass is 442 g/mol. The molecule has 0 bridgehead atoms. The molecule has 1 aromatic rings. The molecule has 1 aromatic carbocycles. The number of hydrogen-bond donors (Lipinski definition) is 4. The molecule has 7 nitrogen and oxygen atoms in total. The second kappa shape index (κ2) is 8.05. The van der Waals surface area contributed by atoms with Crippen molar-refractivity contribution in [2.75, 3.05) is 0 Å². The van der Waals surface area contributed by atoms with E-state index in [-0.39, 0.29) is 12.8 Å². The average molecular weight is 442 g/mol. The number of benzene rings is 1. The Labute approximate surface area is 140 Å². The summed E-state index contributed by atoms with van der Waals surface area (Å²) in [6, 6.07) is 6.83. The van der Waals surface area contributed by atoms with Gasteiger partial charge < -0.3 is 20.0 Å². The summed E-state index contributed by atoms with van der Waals surface area (Å²) in [6.07, 6.45) is -0.914. The average Bonchev–Trinajstić information content (AvgIpc) is 2.38. The van der Waals surface area contributed by atoms with Crippen LogP contribution in [0.1, 0.15) is 18.4 Å². The molecule has 22 heavy (non-hydrogen) atoms. The maximum absolute atomic E-state index is 11.7. The van der Waals surface area contributed by atoms with E-state index in [1.54, 1.807) is 24.3 Å². The highest BCUT2D eigenvalue weighted by Gasteiger charge is 2.40. The lowest BCUT2D eigenvalue weighted by molar-refractivity contribution is -0.143. The first kappa shape index (κ1) is 19.1. The predicted molar refractivity (Wildman–Crippen MR) is 86.7 cm³/mol. The highest BCUT2D eigenvalue weighted by atomic mass is 127. The standard InChI is InChI=1S/C13H16IO7P/c14-9-3-1-8(2-4-9)7-11(22(19,20)21)10(13(17)18)5-6-12(15)16/h1-4,10-11H,5-7H2,(H,15,16)(H,17,18)(H2,19,20,21)/t10-,11?/m1/s1. The molecule has 9 heteroatoms. The summed E-state index contributed by atoms with van der Waals surface area (Å²) in [5.41, 5.74) is -0.861. The molecule has 2 atom stereocenters. The highest BCUT2D eigenvalue weighted by Crippen LogP contribution is 2.47. The van der Waals surface area contributed by atoms with Crippen molar-refractivity contribution in [3.05, 3.63) is 33.4 Å². The van der Waals surface area contributed by atoms with E-state index >= 15 is 0 Å². The van der Waals surface area contributed by atoms with Crippen LogP contribution in [0.5, 0.6) is 0 Å². The summed E-state index contributed by atoms with van der Waals surface area (Å²) >= 11 is 2.08. The number of halogens is 1. The van der Waals surface area contributed by atoms with Gasteiger partial charge in [-0.1, -0.05) is 12.1 Å². The molecular formula is C13H16IO7P. The number of carboxylic acids is 2. The van der Waals surface area contributed by atoms with E-state index in [9.17, 15) is 29.0 Å². The SMILES string of the molecule is O=C(O)CC[C@@H](C(=O)O)C(Cc1ccc(I)cc1)P(=O)(O)O. The number of aliphatic carboxylic acids is 2. The van der Waals surface area contributed by atoms with Crippen molar-refractivity contribution >= 4 is 42.1 Å². The molecule has 0 saturated carbocycles. The van der Waals surface area contributed by atoms with Crippen LogP contribution in [-0.2, 0) is 20.6 Å². The van der Waals surface area contributed by atoms with Crippen molar-refractivity contribution in [2.45, 2.75) is 24.9 Å². The first-order chi connectivity index (χ1) is 10.1. The Morgan fingerprint density at radius 3 is 2.09 bits per heavy atom. The van der Waals surface area contributed by atoms with E-state index in [1.165, 1.54) is 0 Å². The first-order valence-corrected chi connectivity index (χ1v) is 9.11. The molecule has 0 aliphatic carbocycles. The van der Waals surface area contributed by atoms with Gasteiger partial charge in [-0.2, -0.15) is 0 Å². The summed E-state index contributed by atoms with van der Waals surface area (Å²) in [6.45, 7) is 0. The van der Waals surface area contributed by atoms with Crippen molar-refractivity contribution in [1.82, 2.24) is 0 Å². The van der Waals surface area contributed by atoms with Gasteiger partial charge in [0.2, 0.25) is 0 Å². The van der Waals surface area contributed by atoms with Gasteiger partial charge >= 0.3 is 19.5 Å². The minimum absolute atomic E-state index is 0.127. The number of carboxylic acid groups (broad SMARTS) is 2. The maximum Gasteiger partial charge on any atom is 0.329 e. The molecule has 0 fully saturated rings. The van der Waals surface area contributed by atoms with Gasteiger partial charge in [-0.05, 0) is 53.1 Å². The predicted octanol–water partition coefficient (Wildman–Crippen LogP) is 1.95. The third-order valence-corrected chi connectivity index (χ3v) is 5.37. The normalized spacial score (nSPS) is 14.3. The van der Waals surface area contributed by atoms with Gasteiger partial charge in [0.05, 0.1) is 11.6 Å². The van der Waals surface area contributed by atoms with Crippen molar-refractivity contribution in [3.63, 3.8) is 0 Å². The second-order valence-electron chi connectivity index (χ2n) is 4.86. The fourth-order valence-corrected chi connectivity index (χ4v) is 3.67. The first-order valence-electron chi connectivity index (χ1n) is 6.35. The lowest BCUT2D eigenvalue weighted by atomic mass is 9.94.